The van der Waals surface area contributed by atoms with Gasteiger partial charge in [-0.3, -0.25) is 0 Å². The molecule has 56 valence electrons. The molecule has 0 aromatic heterocycles. The third kappa shape index (κ3) is 3.17. The molecule has 0 aliphatic rings. The molecule has 3 nitrogen and oxygen atoms in total. The molecule has 0 rings (SSSR count). The van der Waals surface area contributed by atoms with Gasteiger partial charge in [0, 0.05) is 21.3 Å². The van der Waals surface area contributed by atoms with Gasteiger partial charge >= 0.3 is 8.35 Å². The van der Waals surface area contributed by atoms with Crippen LogP contribution in [0.15, 0.2) is 0 Å². The van der Waals surface area contributed by atoms with E-state index in [1.807, 2.05) is 0 Å². The van der Waals surface area contributed by atoms with Crippen LogP contribution in [0.5, 0.6) is 0 Å². The predicted molar refractivity (Wildman–Crippen MR) is 37.8 cm³/mol. The van der Waals surface area contributed by atoms with E-state index in [0.29, 0.717) is 0 Å². The van der Waals surface area contributed by atoms with Crippen LogP contribution in [0.3, 0.4) is 0 Å². The van der Waals surface area contributed by atoms with Crippen molar-refractivity contribution in [2.75, 3.05) is 21.3 Å². The Hall–Kier alpha value is 0.387. The Bertz CT molecular complexity index is 68.8. The first-order valence-electron chi connectivity index (χ1n) is 2.48. The summed E-state index contributed by atoms with van der Waals surface area (Å²) in [5.41, 5.74) is 0. The summed E-state index contributed by atoms with van der Waals surface area (Å²) in [6.45, 7) is 0. The molecule has 0 aromatic rings. The maximum atomic E-state index is 5.70. The second-order valence-electron chi connectivity index (χ2n) is 1.43. The molecule has 9 heavy (non-hydrogen) atoms. The number of hydrogen-bond acceptors (Lipinski definition) is 3. The molecule has 0 bridgehead atoms. The average Bonchev–Trinajstić information content (AvgIpc) is 1.90. The monoisotopic (exact) mass is 170 g/mol. The summed E-state index contributed by atoms with van der Waals surface area (Å²) in [4.78, 5) is 0. The zero-order valence-corrected chi connectivity index (χ0v) is 7.67. The first-order valence-corrected chi connectivity index (χ1v) is 5.37. The molecule has 0 saturated carbocycles. The molecule has 0 N–H and O–H groups in total. The lowest BCUT2D eigenvalue weighted by Crippen LogP contribution is -2.31. The van der Waals surface area contributed by atoms with E-state index >= 15 is 0 Å². The Labute approximate surface area is 61.3 Å². The third-order valence-corrected chi connectivity index (χ3v) is 3.48. The van der Waals surface area contributed by atoms with Crippen LogP contribution in [-0.2, 0) is 13.9 Å². The van der Waals surface area contributed by atoms with Crippen molar-refractivity contribution in [3.8, 4) is 0 Å². The molecule has 0 saturated heterocycles. The molecule has 0 amide bonds. The van der Waals surface area contributed by atoms with Gasteiger partial charge in [0.1, 0.15) is 0 Å². The molecular weight excluding hydrogens is 160 g/mol. The third-order valence-electron chi connectivity index (χ3n) is 0.904. The van der Waals surface area contributed by atoms with Gasteiger partial charge < -0.3 is 13.9 Å². The zero-order chi connectivity index (χ0) is 7.28. The first kappa shape index (κ1) is 9.39. The first-order chi connectivity index (χ1) is 4.26. The summed E-state index contributed by atoms with van der Waals surface area (Å²) in [6.07, 6.45) is 0. The van der Waals surface area contributed by atoms with Gasteiger partial charge in [-0.05, 0) is 0 Å². The van der Waals surface area contributed by atoms with E-state index < -0.39 is 8.35 Å². The molecule has 1 atom stereocenters. The summed E-state index contributed by atoms with van der Waals surface area (Å²) in [6, 6.07) is 0. The second kappa shape index (κ2) is 5.19. The summed E-state index contributed by atoms with van der Waals surface area (Å²) in [5.74, 6) is -0.350. The predicted octanol–water partition coefficient (Wildman–Crippen LogP) is 0.250. The van der Waals surface area contributed by atoms with Crippen LogP contribution in [0.25, 0.3) is 0 Å². The van der Waals surface area contributed by atoms with Gasteiger partial charge in [-0.2, -0.15) is 0 Å². The fraction of sp³-hybridized carbons (Fsp3) is 1.00. The quantitative estimate of drug-likeness (QED) is 0.344. The van der Waals surface area contributed by atoms with Gasteiger partial charge in [0.15, 0.2) is 5.91 Å². The number of ether oxygens (including phenoxy) is 2. The van der Waals surface area contributed by atoms with Crippen LogP contribution in [-0.4, -0.2) is 35.6 Å². The van der Waals surface area contributed by atoms with E-state index in [9.17, 15) is 0 Å². The largest absolute Gasteiger partial charge is 0.406 e. The van der Waals surface area contributed by atoms with Crippen molar-refractivity contribution >= 4 is 19.4 Å². The minimum atomic E-state index is -1.77. The van der Waals surface area contributed by atoms with Gasteiger partial charge in [-0.25, -0.2) is 0 Å². The fourth-order valence-corrected chi connectivity index (χ4v) is 1.69. The fourth-order valence-electron chi connectivity index (χ4n) is 0.421. The Balaban J connectivity index is 3.50. The summed E-state index contributed by atoms with van der Waals surface area (Å²) < 4.78 is 14.5. The standard InChI is InChI=1S/C4H11ClO3Si/c1-6-4(7-2)9(5)8-3/h4,9H,1-3H3. The van der Waals surface area contributed by atoms with E-state index in [1.54, 1.807) is 7.11 Å². The molecule has 0 radical (unpaired) electrons. The van der Waals surface area contributed by atoms with Crippen LogP contribution in [0.4, 0.5) is 0 Å². The van der Waals surface area contributed by atoms with Crippen LogP contribution in [0, 0.1) is 0 Å². The molecule has 1 unspecified atom stereocenters. The normalized spacial score (nSPS) is 14.3. The van der Waals surface area contributed by atoms with Crippen molar-refractivity contribution in [1.29, 1.82) is 0 Å². The zero-order valence-electron chi connectivity index (χ0n) is 5.76. The topological polar surface area (TPSA) is 27.7 Å². The van der Waals surface area contributed by atoms with E-state index in [2.05, 4.69) is 0 Å². The summed E-state index contributed by atoms with van der Waals surface area (Å²) in [5, 5.41) is 0. The van der Waals surface area contributed by atoms with Crippen LogP contribution in [0.1, 0.15) is 0 Å². The highest BCUT2D eigenvalue weighted by molar-refractivity contribution is 7.03. The van der Waals surface area contributed by atoms with Gasteiger partial charge in [0.2, 0.25) is 0 Å². The van der Waals surface area contributed by atoms with Crippen LogP contribution < -0.4 is 0 Å². The number of halogens is 1. The Morgan fingerprint density at radius 1 is 1.22 bits per heavy atom. The molecule has 0 aliphatic heterocycles. The lowest BCUT2D eigenvalue weighted by molar-refractivity contribution is -0.0531. The molecule has 0 fully saturated rings. The SMILES string of the molecule is COC(OC)[SiH](Cl)OC. The highest BCUT2D eigenvalue weighted by Crippen LogP contribution is 2.01. The average molecular weight is 171 g/mol. The minimum absolute atomic E-state index is 0.350. The molecule has 0 aliphatic carbocycles. The van der Waals surface area contributed by atoms with E-state index in [-0.39, 0.29) is 5.91 Å². The molecular formula is C4H11ClO3Si. The lowest BCUT2D eigenvalue weighted by atomic mass is 11.3. The highest BCUT2D eigenvalue weighted by atomic mass is 35.6. The van der Waals surface area contributed by atoms with Crippen molar-refractivity contribution in [2.24, 2.45) is 0 Å². The molecule has 5 heteroatoms. The van der Waals surface area contributed by atoms with Crippen molar-refractivity contribution in [3.05, 3.63) is 0 Å². The van der Waals surface area contributed by atoms with E-state index in [1.165, 1.54) is 14.2 Å². The second-order valence-corrected chi connectivity index (χ2v) is 4.44. The van der Waals surface area contributed by atoms with Crippen LogP contribution >= 0.6 is 11.1 Å². The summed E-state index contributed by atoms with van der Waals surface area (Å²) >= 11 is 5.70. The molecule has 0 heterocycles. The van der Waals surface area contributed by atoms with Crippen LogP contribution in [0.2, 0.25) is 0 Å². The molecule has 0 aromatic carbocycles. The Morgan fingerprint density at radius 2 is 1.67 bits per heavy atom. The van der Waals surface area contributed by atoms with Crippen molar-refractivity contribution < 1.29 is 13.9 Å². The number of methoxy groups -OCH3 is 2. The van der Waals surface area contributed by atoms with Gasteiger partial charge in [0.05, 0.1) is 0 Å². The van der Waals surface area contributed by atoms with E-state index in [0.717, 1.165) is 0 Å². The maximum Gasteiger partial charge on any atom is 0.332 e. The van der Waals surface area contributed by atoms with Gasteiger partial charge in [-0.1, -0.05) is 0 Å². The Kier molecular flexibility index (Phi) is 5.42. The summed E-state index contributed by atoms with van der Waals surface area (Å²) in [7, 11) is 2.86. The van der Waals surface area contributed by atoms with Gasteiger partial charge in [0.25, 0.3) is 0 Å². The Morgan fingerprint density at radius 3 is 1.78 bits per heavy atom. The van der Waals surface area contributed by atoms with E-state index in [4.69, 9.17) is 25.0 Å². The smallest absolute Gasteiger partial charge is 0.332 e. The molecule has 0 spiro atoms. The van der Waals surface area contributed by atoms with Gasteiger partial charge in [-0.15, -0.1) is 11.1 Å². The van der Waals surface area contributed by atoms with Crippen molar-refractivity contribution in [2.45, 2.75) is 5.91 Å². The van der Waals surface area contributed by atoms with Crippen molar-refractivity contribution in [1.82, 2.24) is 0 Å². The van der Waals surface area contributed by atoms with Crippen molar-refractivity contribution in [3.63, 3.8) is 0 Å². The maximum absolute atomic E-state index is 5.70. The lowest BCUT2D eigenvalue weighted by Gasteiger charge is -2.15. The highest BCUT2D eigenvalue weighted by Gasteiger charge is 2.19. The number of hydrogen-bond donors (Lipinski definition) is 0. The minimum Gasteiger partial charge on any atom is -0.406 e. The number of rotatable bonds is 4.